The van der Waals surface area contributed by atoms with E-state index in [1.165, 1.54) is 31.3 Å². The number of imidazole rings is 1. The van der Waals surface area contributed by atoms with Gasteiger partial charge in [-0.05, 0) is 70.6 Å². The van der Waals surface area contributed by atoms with Gasteiger partial charge >= 0.3 is 5.97 Å². The lowest BCUT2D eigenvalue weighted by Gasteiger charge is -2.30. The molecule has 9 amide bonds. The molecule has 24 nitrogen and oxygen atoms in total. The number of rotatable bonds is 25. The van der Waals surface area contributed by atoms with Crippen LogP contribution in [0, 0.1) is 11.8 Å². The van der Waals surface area contributed by atoms with Gasteiger partial charge in [0, 0.05) is 37.8 Å². The number of likely N-dealkylation sites (tertiary alicyclic amines) is 2. The Hall–Kier alpha value is -6.17. The second-order valence-corrected chi connectivity index (χ2v) is 17.8. The van der Waals surface area contributed by atoms with Gasteiger partial charge in [-0.25, -0.2) is 9.78 Å². The Balaban J connectivity index is 1.66. The van der Waals surface area contributed by atoms with Crippen molar-refractivity contribution < 1.29 is 58.2 Å². The zero-order valence-corrected chi connectivity index (χ0v) is 38.5. The molecule has 24 heteroatoms. The Morgan fingerprint density at radius 1 is 0.697 bits per heavy atom. The number of nitrogens with zero attached hydrogens (tertiary/aromatic N) is 3. The summed E-state index contributed by atoms with van der Waals surface area (Å²) in [6.45, 7) is 9.64. The van der Waals surface area contributed by atoms with Gasteiger partial charge in [0.25, 0.3) is 0 Å². The predicted molar refractivity (Wildman–Crippen MR) is 235 cm³/mol. The van der Waals surface area contributed by atoms with Crippen molar-refractivity contribution in [1.29, 1.82) is 0 Å². The van der Waals surface area contributed by atoms with Crippen LogP contribution in [-0.2, 0) is 54.4 Å². The number of hydrogen-bond donors (Lipinski definition) is 11. The number of carboxylic acids is 1. The van der Waals surface area contributed by atoms with E-state index in [2.05, 4.69) is 41.9 Å². The van der Waals surface area contributed by atoms with Crippen LogP contribution in [0.5, 0.6) is 0 Å². The Labute approximate surface area is 383 Å². The standard InChI is InChI=1S/C42H68N12O12/c1-21(2)15-26(43)40(63)53-13-7-9-31(53)38(61)48-24(6)35(58)52-30(19-55)41(64)54-14-8-10-32(54)39(62)47-23(5)34(57)50-28(17-25-18-45-20-46-25)37(60)49-27(11-12-33(44)56)36(59)51-29(42(65)66)16-22(3)4/h18,20-24,26-32,55H,7-17,19,43H2,1-6H3,(H2,44,56)(H,45,46)(H,47,62)(H,48,61)(H,49,60)(H,50,57)(H,51,59)(H,52,58)(H,65,66)/t23-,24-,26-,27-,28-,29-,30-,31-,32-/m0/s1. The smallest absolute Gasteiger partial charge is 0.326 e. The molecule has 0 aliphatic carbocycles. The Kier molecular flexibility index (Phi) is 20.9. The van der Waals surface area contributed by atoms with Crippen molar-refractivity contribution in [1.82, 2.24) is 51.7 Å². The van der Waals surface area contributed by atoms with Crippen molar-refractivity contribution >= 4 is 59.1 Å². The number of carbonyl (C=O) groups excluding carboxylic acids is 9. The Bertz CT molecular complexity index is 1900. The molecule has 3 heterocycles. The average Bonchev–Trinajstić information content (AvgIpc) is 4.06. The van der Waals surface area contributed by atoms with E-state index in [0.29, 0.717) is 37.9 Å². The number of carbonyl (C=O) groups is 10. The molecule has 0 spiro atoms. The van der Waals surface area contributed by atoms with Gasteiger partial charge in [0.2, 0.25) is 53.2 Å². The number of aliphatic hydroxyl groups excluding tert-OH is 1. The molecule has 13 N–H and O–H groups in total. The maximum Gasteiger partial charge on any atom is 0.326 e. The van der Waals surface area contributed by atoms with Gasteiger partial charge in [-0.15, -0.1) is 0 Å². The van der Waals surface area contributed by atoms with Crippen LogP contribution in [0.15, 0.2) is 12.5 Å². The number of carboxylic acid groups (broad SMARTS) is 1. The van der Waals surface area contributed by atoms with Gasteiger partial charge in [-0.1, -0.05) is 27.7 Å². The van der Waals surface area contributed by atoms with Gasteiger partial charge in [0.15, 0.2) is 0 Å². The second-order valence-electron chi connectivity index (χ2n) is 17.8. The zero-order valence-electron chi connectivity index (χ0n) is 38.5. The van der Waals surface area contributed by atoms with Crippen LogP contribution in [-0.4, -0.2) is 163 Å². The third-order valence-electron chi connectivity index (χ3n) is 11.3. The molecule has 66 heavy (non-hydrogen) atoms. The number of aliphatic hydroxyl groups is 1. The van der Waals surface area contributed by atoms with Crippen molar-refractivity contribution in [2.75, 3.05) is 19.7 Å². The van der Waals surface area contributed by atoms with Gasteiger partial charge in [-0.3, -0.25) is 43.2 Å². The van der Waals surface area contributed by atoms with E-state index in [9.17, 15) is 58.2 Å². The van der Waals surface area contributed by atoms with E-state index in [4.69, 9.17) is 11.5 Å². The molecule has 0 aromatic carbocycles. The highest BCUT2D eigenvalue weighted by atomic mass is 16.4. The van der Waals surface area contributed by atoms with Crippen molar-refractivity contribution in [3.63, 3.8) is 0 Å². The first-order valence-electron chi connectivity index (χ1n) is 22.3. The monoisotopic (exact) mass is 933 g/mol. The summed E-state index contributed by atoms with van der Waals surface area (Å²) < 4.78 is 0. The van der Waals surface area contributed by atoms with E-state index in [0.717, 1.165) is 4.90 Å². The lowest BCUT2D eigenvalue weighted by atomic mass is 10.0. The summed E-state index contributed by atoms with van der Waals surface area (Å²) in [7, 11) is 0. The van der Waals surface area contributed by atoms with Crippen LogP contribution < -0.4 is 43.4 Å². The molecule has 2 aliphatic heterocycles. The minimum absolute atomic E-state index is 0.0717. The summed E-state index contributed by atoms with van der Waals surface area (Å²) in [5.41, 5.74) is 11.8. The largest absolute Gasteiger partial charge is 0.480 e. The summed E-state index contributed by atoms with van der Waals surface area (Å²) in [6, 6.07) is -10.9. The van der Waals surface area contributed by atoms with Crippen LogP contribution in [0.1, 0.15) is 98.6 Å². The summed E-state index contributed by atoms with van der Waals surface area (Å²) >= 11 is 0. The summed E-state index contributed by atoms with van der Waals surface area (Å²) in [5.74, 6) is -7.97. The Morgan fingerprint density at radius 2 is 1.18 bits per heavy atom. The highest BCUT2D eigenvalue weighted by Gasteiger charge is 2.41. The maximum absolute atomic E-state index is 13.8. The fraction of sp³-hybridized carbons (Fsp3) is 0.690. The third kappa shape index (κ3) is 16.1. The SMILES string of the molecule is CC(C)C[C@H](NC(=O)[C@H](CCC(N)=O)NC(=O)[C@H](Cc1cnc[nH]1)NC(=O)[C@H](C)NC(=O)[C@@H]1CCCN1C(=O)[C@H](CO)NC(=O)[C@H](C)NC(=O)[C@@H]1CCCN1C(=O)[C@@H](N)CC(C)C)C(=O)O. The zero-order chi connectivity index (χ0) is 49.4. The molecule has 368 valence electrons. The molecule has 9 atom stereocenters. The number of H-pyrrole nitrogens is 1. The molecule has 1 aromatic heterocycles. The first kappa shape index (κ1) is 54.2. The number of aromatic nitrogens is 2. The fourth-order valence-corrected chi connectivity index (χ4v) is 7.78. The number of aromatic amines is 1. The molecule has 1 aromatic rings. The molecule has 3 rings (SSSR count). The first-order chi connectivity index (χ1) is 31.0. The van der Waals surface area contributed by atoms with Gasteiger partial charge in [0.05, 0.1) is 19.0 Å². The van der Waals surface area contributed by atoms with Crippen molar-refractivity contribution in [3.8, 4) is 0 Å². The number of amides is 9. The van der Waals surface area contributed by atoms with E-state index >= 15 is 0 Å². The third-order valence-corrected chi connectivity index (χ3v) is 11.3. The summed E-state index contributed by atoms with van der Waals surface area (Å²) in [6.07, 6.45) is 3.89. The van der Waals surface area contributed by atoms with E-state index in [1.807, 2.05) is 13.8 Å². The average molecular weight is 933 g/mol. The van der Waals surface area contributed by atoms with Crippen molar-refractivity contribution in [2.24, 2.45) is 23.3 Å². The van der Waals surface area contributed by atoms with Crippen LogP contribution in [0.4, 0.5) is 0 Å². The van der Waals surface area contributed by atoms with Gasteiger partial charge in [-0.2, -0.15) is 0 Å². The van der Waals surface area contributed by atoms with Gasteiger partial charge < -0.3 is 68.4 Å². The number of nitrogens with two attached hydrogens (primary N) is 2. The molecular formula is C42H68N12O12. The molecule has 2 saturated heterocycles. The Morgan fingerprint density at radius 3 is 1.65 bits per heavy atom. The number of aliphatic carboxylic acids is 1. The molecule has 0 unspecified atom stereocenters. The number of hydrogen-bond acceptors (Lipinski definition) is 13. The molecular weight excluding hydrogens is 865 g/mol. The molecule has 0 radical (unpaired) electrons. The highest BCUT2D eigenvalue weighted by Crippen LogP contribution is 2.21. The fourth-order valence-electron chi connectivity index (χ4n) is 7.78. The second kappa shape index (κ2) is 25.5. The molecule has 0 bridgehead atoms. The normalized spacial score (nSPS) is 19.1. The minimum atomic E-state index is -1.51. The quantitative estimate of drug-likeness (QED) is 0.0457. The summed E-state index contributed by atoms with van der Waals surface area (Å²) in [4.78, 5) is 140. The lowest BCUT2D eigenvalue weighted by molar-refractivity contribution is -0.143. The molecule has 0 saturated carbocycles. The van der Waals surface area contributed by atoms with Crippen LogP contribution >= 0.6 is 0 Å². The number of nitrogens with one attached hydrogen (secondary N) is 7. The molecule has 2 fully saturated rings. The first-order valence-corrected chi connectivity index (χ1v) is 22.3. The highest BCUT2D eigenvalue weighted by molar-refractivity contribution is 5.98. The molecule has 2 aliphatic rings. The van der Waals surface area contributed by atoms with Crippen LogP contribution in [0.2, 0.25) is 0 Å². The summed E-state index contributed by atoms with van der Waals surface area (Å²) in [5, 5.41) is 34.8. The van der Waals surface area contributed by atoms with Crippen molar-refractivity contribution in [3.05, 3.63) is 18.2 Å². The lowest BCUT2D eigenvalue weighted by Crippen LogP contribution is -2.60. The van der Waals surface area contributed by atoms with Crippen LogP contribution in [0.3, 0.4) is 0 Å². The number of primary amides is 1. The topological polar surface area (TPSA) is 371 Å². The van der Waals surface area contributed by atoms with E-state index in [1.54, 1.807) is 13.8 Å². The predicted octanol–water partition coefficient (Wildman–Crippen LogP) is -3.36. The van der Waals surface area contributed by atoms with Crippen molar-refractivity contribution in [2.45, 2.75) is 154 Å². The van der Waals surface area contributed by atoms with E-state index < -0.39 is 114 Å². The van der Waals surface area contributed by atoms with Gasteiger partial charge in [0.1, 0.15) is 48.3 Å². The van der Waals surface area contributed by atoms with Crippen LogP contribution in [0.25, 0.3) is 0 Å². The van der Waals surface area contributed by atoms with E-state index in [-0.39, 0.29) is 56.4 Å². The maximum atomic E-state index is 13.8. The minimum Gasteiger partial charge on any atom is -0.480 e.